The first-order valence-corrected chi connectivity index (χ1v) is 9.80. The van der Waals surface area contributed by atoms with Crippen LogP contribution in [0.25, 0.3) is 0 Å². The summed E-state index contributed by atoms with van der Waals surface area (Å²) in [6.45, 7) is 0.378. The molecule has 2 aromatic rings. The maximum absolute atomic E-state index is 12.5. The second-order valence-corrected chi connectivity index (χ2v) is 7.73. The van der Waals surface area contributed by atoms with Crippen LogP contribution in [0.2, 0.25) is 0 Å². The minimum absolute atomic E-state index is 0.0614. The molecule has 0 unspecified atom stereocenters. The van der Waals surface area contributed by atoms with E-state index in [9.17, 15) is 13.2 Å². The van der Waals surface area contributed by atoms with E-state index in [1.165, 1.54) is 12.1 Å². The van der Waals surface area contributed by atoms with Crippen molar-refractivity contribution in [3.8, 4) is 0 Å². The van der Waals surface area contributed by atoms with Gasteiger partial charge in [-0.25, -0.2) is 8.42 Å². The standard InChI is InChI=1S/C18H21N3O4S/c19-12-15-9-10-17(25-15)18(22)20-14-7-4-8-16(11-14)26(23,24)21-13-5-2-1-3-6-13/h1-8,11,15,17,21H,9-10,12,19H2,(H,20,22)/t15-,17+/m1/s1. The summed E-state index contributed by atoms with van der Waals surface area (Å²) in [5.41, 5.74) is 6.41. The van der Waals surface area contributed by atoms with E-state index in [0.29, 0.717) is 24.3 Å². The Labute approximate surface area is 152 Å². The van der Waals surface area contributed by atoms with Gasteiger partial charge in [0.2, 0.25) is 0 Å². The zero-order valence-electron chi connectivity index (χ0n) is 14.1. The van der Waals surface area contributed by atoms with Crippen LogP contribution in [-0.2, 0) is 19.6 Å². The van der Waals surface area contributed by atoms with Crippen molar-refractivity contribution < 1.29 is 17.9 Å². The molecule has 1 heterocycles. The highest BCUT2D eigenvalue weighted by Crippen LogP contribution is 2.22. The third-order valence-electron chi connectivity index (χ3n) is 4.10. The Morgan fingerprint density at radius 2 is 1.81 bits per heavy atom. The fraction of sp³-hybridized carbons (Fsp3) is 0.278. The molecule has 3 rings (SSSR count). The summed E-state index contributed by atoms with van der Waals surface area (Å²) in [4.78, 5) is 12.3. The van der Waals surface area contributed by atoms with Gasteiger partial charge in [0.1, 0.15) is 6.10 Å². The van der Waals surface area contributed by atoms with Crippen LogP contribution >= 0.6 is 0 Å². The fourth-order valence-electron chi connectivity index (χ4n) is 2.76. The maximum Gasteiger partial charge on any atom is 0.261 e. The molecule has 0 saturated carbocycles. The van der Waals surface area contributed by atoms with Crippen molar-refractivity contribution >= 4 is 27.3 Å². The minimum atomic E-state index is -3.75. The Morgan fingerprint density at radius 3 is 2.50 bits per heavy atom. The van der Waals surface area contributed by atoms with E-state index in [4.69, 9.17) is 10.5 Å². The number of ether oxygens (including phenoxy) is 1. The molecule has 1 saturated heterocycles. The van der Waals surface area contributed by atoms with Crippen LogP contribution in [0.4, 0.5) is 11.4 Å². The quantitative estimate of drug-likeness (QED) is 0.714. The summed E-state index contributed by atoms with van der Waals surface area (Å²) in [6, 6.07) is 14.7. The number of sulfonamides is 1. The number of amides is 1. The second-order valence-electron chi connectivity index (χ2n) is 6.05. The molecule has 7 nitrogen and oxygen atoms in total. The maximum atomic E-state index is 12.5. The van der Waals surface area contributed by atoms with Crippen molar-refractivity contribution in [2.75, 3.05) is 16.6 Å². The lowest BCUT2D eigenvalue weighted by molar-refractivity contribution is -0.126. The van der Waals surface area contributed by atoms with Gasteiger partial charge >= 0.3 is 0 Å². The third kappa shape index (κ3) is 4.40. The van der Waals surface area contributed by atoms with Gasteiger partial charge in [-0.15, -0.1) is 0 Å². The molecule has 0 aromatic heterocycles. The van der Waals surface area contributed by atoms with Crippen molar-refractivity contribution in [1.82, 2.24) is 0 Å². The van der Waals surface area contributed by atoms with Crippen molar-refractivity contribution in [3.05, 3.63) is 54.6 Å². The summed E-state index contributed by atoms with van der Waals surface area (Å²) in [5.74, 6) is -0.300. The van der Waals surface area contributed by atoms with Crippen LogP contribution in [0.1, 0.15) is 12.8 Å². The van der Waals surface area contributed by atoms with Crippen LogP contribution < -0.4 is 15.8 Å². The highest BCUT2D eigenvalue weighted by molar-refractivity contribution is 7.92. The Kier molecular flexibility index (Phi) is 5.55. The molecule has 1 fully saturated rings. The summed E-state index contributed by atoms with van der Waals surface area (Å²) < 4.78 is 33.1. The molecule has 4 N–H and O–H groups in total. The topological polar surface area (TPSA) is 111 Å². The number of nitrogens with one attached hydrogen (secondary N) is 2. The first-order valence-electron chi connectivity index (χ1n) is 8.32. The third-order valence-corrected chi connectivity index (χ3v) is 5.48. The van der Waals surface area contributed by atoms with Gasteiger partial charge in [-0.2, -0.15) is 0 Å². The molecular weight excluding hydrogens is 354 g/mol. The Balaban J connectivity index is 1.71. The number of carbonyl (C=O) groups is 1. The number of hydrogen-bond acceptors (Lipinski definition) is 5. The van der Waals surface area contributed by atoms with Gasteiger partial charge < -0.3 is 15.8 Å². The summed E-state index contributed by atoms with van der Waals surface area (Å²) >= 11 is 0. The monoisotopic (exact) mass is 375 g/mol. The van der Waals surface area contributed by atoms with E-state index in [1.807, 2.05) is 0 Å². The smallest absolute Gasteiger partial charge is 0.261 e. The number of rotatable bonds is 6. The van der Waals surface area contributed by atoms with E-state index in [1.54, 1.807) is 42.5 Å². The lowest BCUT2D eigenvalue weighted by atomic mass is 10.2. The van der Waals surface area contributed by atoms with Crippen LogP contribution in [0.3, 0.4) is 0 Å². The summed E-state index contributed by atoms with van der Waals surface area (Å²) in [7, 11) is -3.75. The number of nitrogens with two attached hydrogens (primary N) is 1. The number of benzene rings is 2. The molecule has 0 spiro atoms. The number of anilines is 2. The Bertz CT molecular complexity index is 871. The van der Waals surface area contributed by atoms with E-state index >= 15 is 0 Å². The molecule has 8 heteroatoms. The van der Waals surface area contributed by atoms with Crippen molar-refractivity contribution in [1.29, 1.82) is 0 Å². The van der Waals surface area contributed by atoms with E-state index in [2.05, 4.69) is 10.0 Å². The Hall–Kier alpha value is -2.42. The molecule has 0 bridgehead atoms. The molecule has 26 heavy (non-hydrogen) atoms. The van der Waals surface area contributed by atoms with Gasteiger partial charge in [-0.1, -0.05) is 24.3 Å². The first-order chi connectivity index (χ1) is 12.5. The normalized spacial score (nSPS) is 19.9. The lowest BCUT2D eigenvalue weighted by Crippen LogP contribution is -2.29. The lowest BCUT2D eigenvalue weighted by Gasteiger charge is -2.14. The van der Waals surface area contributed by atoms with Gasteiger partial charge in [0.15, 0.2) is 0 Å². The van der Waals surface area contributed by atoms with E-state index < -0.39 is 16.1 Å². The second kappa shape index (κ2) is 7.86. The van der Waals surface area contributed by atoms with Gasteiger partial charge in [-0.3, -0.25) is 9.52 Å². The average molecular weight is 375 g/mol. The van der Waals surface area contributed by atoms with Crippen LogP contribution in [0.5, 0.6) is 0 Å². The van der Waals surface area contributed by atoms with Crippen molar-refractivity contribution in [2.24, 2.45) is 5.73 Å². The molecule has 0 radical (unpaired) electrons. The molecule has 1 amide bonds. The van der Waals surface area contributed by atoms with Gasteiger partial charge in [0.05, 0.1) is 11.0 Å². The fourth-order valence-corrected chi connectivity index (χ4v) is 3.86. The van der Waals surface area contributed by atoms with Crippen LogP contribution in [-0.4, -0.2) is 33.1 Å². The molecule has 138 valence electrons. The average Bonchev–Trinajstić information content (AvgIpc) is 3.12. The Morgan fingerprint density at radius 1 is 1.08 bits per heavy atom. The van der Waals surface area contributed by atoms with Crippen LogP contribution in [0.15, 0.2) is 59.5 Å². The van der Waals surface area contributed by atoms with Crippen molar-refractivity contribution in [3.63, 3.8) is 0 Å². The predicted octanol–water partition coefficient (Wildman–Crippen LogP) is 1.93. The number of para-hydroxylation sites is 1. The largest absolute Gasteiger partial charge is 0.364 e. The summed E-state index contributed by atoms with van der Waals surface area (Å²) in [6.07, 6.45) is 0.671. The summed E-state index contributed by atoms with van der Waals surface area (Å²) in [5, 5.41) is 2.71. The molecule has 1 aliphatic rings. The molecule has 1 aliphatic heterocycles. The predicted molar refractivity (Wildman–Crippen MR) is 99.3 cm³/mol. The highest BCUT2D eigenvalue weighted by atomic mass is 32.2. The highest BCUT2D eigenvalue weighted by Gasteiger charge is 2.30. The zero-order chi connectivity index (χ0) is 18.6. The van der Waals surface area contributed by atoms with Crippen molar-refractivity contribution in [2.45, 2.75) is 29.9 Å². The van der Waals surface area contributed by atoms with E-state index in [0.717, 1.165) is 6.42 Å². The first kappa shape index (κ1) is 18.4. The van der Waals surface area contributed by atoms with Crippen LogP contribution in [0, 0.1) is 0 Å². The minimum Gasteiger partial charge on any atom is -0.364 e. The van der Waals surface area contributed by atoms with Gasteiger partial charge in [-0.05, 0) is 43.2 Å². The molecular formula is C18H21N3O4S. The SMILES string of the molecule is NC[C@H]1CC[C@@H](C(=O)Nc2cccc(S(=O)(=O)Nc3ccccc3)c2)O1. The van der Waals surface area contributed by atoms with Gasteiger partial charge in [0, 0.05) is 17.9 Å². The number of carbonyl (C=O) groups excluding carboxylic acids is 1. The van der Waals surface area contributed by atoms with Gasteiger partial charge in [0.25, 0.3) is 15.9 Å². The number of hydrogen-bond donors (Lipinski definition) is 3. The zero-order valence-corrected chi connectivity index (χ0v) is 14.9. The molecule has 2 aromatic carbocycles. The van der Waals surface area contributed by atoms with E-state index in [-0.39, 0.29) is 16.9 Å². The molecule has 0 aliphatic carbocycles. The molecule has 2 atom stereocenters.